The van der Waals surface area contributed by atoms with Crippen LogP contribution in [0.4, 0.5) is 0 Å². The topological polar surface area (TPSA) is 52.1 Å². The summed E-state index contributed by atoms with van der Waals surface area (Å²) in [5, 5.41) is 10.8. The molecule has 2 heterocycles. The predicted molar refractivity (Wildman–Crippen MR) is 132 cm³/mol. The van der Waals surface area contributed by atoms with E-state index in [-0.39, 0.29) is 0 Å². The summed E-state index contributed by atoms with van der Waals surface area (Å²) in [6.07, 6.45) is 0. The van der Waals surface area contributed by atoms with Crippen molar-refractivity contribution in [2.75, 3.05) is 0 Å². The first-order valence-electron chi connectivity index (χ1n) is 11.0. The van der Waals surface area contributed by atoms with E-state index in [2.05, 4.69) is 67.4 Å². The largest absolute Gasteiger partial charge is 0.455 e. The highest BCUT2D eigenvalue weighted by atomic mass is 16.4. The van der Waals surface area contributed by atoms with Crippen LogP contribution in [-0.2, 0) is 0 Å². The maximum Gasteiger partial charge on any atom is 0.248 e. The van der Waals surface area contributed by atoms with Crippen LogP contribution in [0.25, 0.3) is 56.0 Å². The summed E-state index contributed by atoms with van der Waals surface area (Å²) in [5.74, 6) is 1.02. The average molecular weight is 431 g/mol. The SMILES string of the molecule is Cc1cc(C)c2oc3c(-c4ccc(-c5nnc(-c6ccccc6)o5)cc4)cc(C)cc3c2c1. The summed E-state index contributed by atoms with van der Waals surface area (Å²) in [4.78, 5) is 0. The highest BCUT2D eigenvalue weighted by Gasteiger charge is 2.16. The molecule has 6 aromatic rings. The molecule has 0 saturated carbocycles. The van der Waals surface area contributed by atoms with Crippen molar-refractivity contribution >= 4 is 21.9 Å². The van der Waals surface area contributed by atoms with Gasteiger partial charge in [-0.1, -0.05) is 36.4 Å². The quantitative estimate of drug-likeness (QED) is 0.286. The van der Waals surface area contributed by atoms with E-state index < -0.39 is 0 Å². The van der Waals surface area contributed by atoms with Gasteiger partial charge in [0.1, 0.15) is 11.2 Å². The minimum Gasteiger partial charge on any atom is -0.455 e. The lowest BCUT2D eigenvalue weighted by atomic mass is 9.98. The normalized spacial score (nSPS) is 11.5. The van der Waals surface area contributed by atoms with E-state index in [4.69, 9.17) is 8.83 Å². The van der Waals surface area contributed by atoms with Gasteiger partial charge in [0.2, 0.25) is 11.8 Å². The van der Waals surface area contributed by atoms with Crippen LogP contribution in [0, 0.1) is 20.8 Å². The Labute approximate surface area is 191 Å². The molecule has 2 aromatic heterocycles. The second kappa shape index (κ2) is 7.45. The Morgan fingerprint density at radius 1 is 0.545 bits per heavy atom. The van der Waals surface area contributed by atoms with Crippen molar-refractivity contribution in [2.24, 2.45) is 0 Å². The molecular weight excluding hydrogens is 408 g/mol. The van der Waals surface area contributed by atoms with E-state index in [9.17, 15) is 0 Å². The number of furan rings is 1. The summed E-state index contributed by atoms with van der Waals surface area (Å²) >= 11 is 0. The van der Waals surface area contributed by atoms with Gasteiger partial charge >= 0.3 is 0 Å². The summed E-state index contributed by atoms with van der Waals surface area (Å²) in [7, 11) is 0. The number of fused-ring (bicyclic) bond motifs is 3. The van der Waals surface area contributed by atoms with Crippen LogP contribution in [0.3, 0.4) is 0 Å². The van der Waals surface area contributed by atoms with Crippen LogP contribution >= 0.6 is 0 Å². The molecule has 0 unspecified atom stereocenters. The van der Waals surface area contributed by atoms with Gasteiger partial charge in [0, 0.05) is 27.5 Å². The molecule has 0 aliphatic rings. The molecule has 0 saturated heterocycles. The highest BCUT2D eigenvalue weighted by molar-refractivity contribution is 6.10. The number of benzene rings is 4. The van der Waals surface area contributed by atoms with E-state index in [1.54, 1.807) is 0 Å². The lowest BCUT2D eigenvalue weighted by molar-refractivity contribution is 0.584. The minimum atomic E-state index is 0.504. The van der Waals surface area contributed by atoms with Gasteiger partial charge in [0.15, 0.2) is 0 Å². The van der Waals surface area contributed by atoms with E-state index in [1.165, 1.54) is 16.5 Å². The first-order chi connectivity index (χ1) is 16.1. The summed E-state index contributed by atoms with van der Waals surface area (Å²) in [6.45, 7) is 6.36. The molecule has 4 heteroatoms. The van der Waals surface area contributed by atoms with E-state index in [0.29, 0.717) is 11.8 Å². The smallest absolute Gasteiger partial charge is 0.248 e. The molecule has 0 atom stereocenters. The molecule has 0 aliphatic heterocycles. The number of aryl methyl sites for hydroxylation is 3. The third-order valence-corrected chi connectivity index (χ3v) is 6.04. The van der Waals surface area contributed by atoms with E-state index in [0.717, 1.165) is 44.4 Å². The fourth-order valence-corrected chi connectivity index (χ4v) is 4.52. The van der Waals surface area contributed by atoms with Crippen molar-refractivity contribution in [1.29, 1.82) is 0 Å². The number of aromatic nitrogens is 2. The molecule has 0 N–H and O–H groups in total. The third kappa shape index (κ3) is 3.31. The number of nitrogens with zero attached hydrogens (tertiary/aromatic N) is 2. The highest BCUT2D eigenvalue weighted by Crippen LogP contribution is 2.39. The third-order valence-electron chi connectivity index (χ3n) is 6.04. The zero-order valence-corrected chi connectivity index (χ0v) is 18.7. The van der Waals surface area contributed by atoms with E-state index >= 15 is 0 Å². The monoisotopic (exact) mass is 430 g/mol. The Morgan fingerprint density at radius 2 is 1.12 bits per heavy atom. The fourth-order valence-electron chi connectivity index (χ4n) is 4.52. The van der Waals surface area contributed by atoms with Gasteiger partial charge < -0.3 is 8.83 Å². The molecule has 160 valence electrons. The number of hydrogen-bond acceptors (Lipinski definition) is 4. The lowest BCUT2D eigenvalue weighted by Gasteiger charge is -2.05. The first kappa shape index (κ1) is 19.5. The van der Waals surface area contributed by atoms with Crippen molar-refractivity contribution in [3.8, 4) is 34.0 Å². The van der Waals surface area contributed by atoms with Crippen molar-refractivity contribution in [3.05, 3.63) is 95.6 Å². The molecule has 0 radical (unpaired) electrons. The van der Waals surface area contributed by atoms with Gasteiger partial charge in [0.05, 0.1) is 0 Å². The van der Waals surface area contributed by atoms with E-state index in [1.807, 2.05) is 42.5 Å². The molecule has 33 heavy (non-hydrogen) atoms. The molecular formula is C29H22N2O2. The summed E-state index contributed by atoms with van der Waals surface area (Å²) < 4.78 is 12.3. The molecule has 0 spiro atoms. The zero-order chi connectivity index (χ0) is 22.5. The van der Waals surface area contributed by atoms with Crippen LogP contribution in [0.1, 0.15) is 16.7 Å². The van der Waals surface area contributed by atoms with Crippen LogP contribution in [0.15, 0.2) is 87.7 Å². The molecule has 4 nitrogen and oxygen atoms in total. The lowest BCUT2D eigenvalue weighted by Crippen LogP contribution is -1.83. The zero-order valence-electron chi connectivity index (χ0n) is 18.7. The Kier molecular flexibility index (Phi) is 4.40. The maximum absolute atomic E-state index is 6.41. The minimum absolute atomic E-state index is 0.504. The fraction of sp³-hybridized carbons (Fsp3) is 0.103. The Morgan fingerprint density at radius 3 is 1.82 bits per heavy atom. The van der Waals surface area contributed by atoms with Gasteiger partial charge in [-0.05, 0) is 85.5 Å². The van der Waals surface area contributed by atoms with Crippen molar-refractivity contribution in [3.63, 3.8) is 0 Å². The van der Waals surface area contributed by atoms with Crippen LogP contribution in [0.5, 0.6) is 0 Å². The molecule has 0 aliphatic carbocycles. The Bertz CT molecular complexity index is 1620. The van der Waals surface area contributed by atoms with Crippen molar-refractivity contribution in [2.45, 2.75) is 20.8 Å². The molecule has 0 amide bonds. The van der Waals surface area contributed by atoms with Gasteiger partial charge in [-0.2, -0.15) is 0 Å². The second-order valence-corrected chi connectivity index (χ2v) is 8.61. The van der Waals surface area contributed by atoms with Gasteiger partial charge in [0.25, 0.3) is 0 Å². The number of hydrogen-bond donors (Lipinski definition) is 0. The average Bonchev–Trinajstić information content (AvgIpc) is 3.45. The molecule has 0 bridgehead atoms. The standard InChI is InChI=1S/C29H22N2O2/c1-17-13-19(3)26-24(15-17)25-16-18(2)14-23(27(25)32-26)20-9-11-22(12-10-20)29-31-30-28(33-29)21-7-5-4-6-8-21/h4-16H,1-3H3. The maximum atomic E-state index is 6.41. The second-order valence-electron chi connectivity index (χ2n) is 8.61. The van der Waals surface area contributed by atoms with Gasteiger partial charge in [-0.3, -0.25) is 0 Å². The van der Waals surface area contributed by atoms with Crippen LogP contribution < -0.4 is 0 Å². The molecule has 6 rings (SSSR count). The van der Waals surface area contributed by atoms with Crippen LogP contribution in [-0.4, -0.2) is 10.2 Å². The summed E-state index contributed by atoms with van der Waals surface area (Å²) in [6, 6.07) is 26.8. The van der Waals surface area contributed by atoms with Gasteiger partial charge in [-0.25, -0.2) is 0 Å². The Hall–Kier alpha value is -4.18. The van der Waals surface area contributed by atoms with Crippen molar-refractivity contribution < 1.29 is 8.83 Å². The molecule has 4 aromatic carbocycles. The van der Waals surface area contributed by atoms with Crippen LogP contribution in [0.2, 0.25) is 0 Å². The predicted octanol–water partition coefficient (Wildman–Crippen LogP) is 7.90. The van der Waals surface area contributed by atoms with Crippen molar-refractivity contribution in [1.82, 2.24) is 10.2 Å². The molecule has 0 fully saturated rings. The number of rotatable bonds is 3. The van der Waals surface area contributed by atoms with Gasteiger partial charge in [-0.15, -0.1) is 10.2 Å². The first-order valence-corrected chi connectivity index (χ1v) is 11.0. The Balaban J connectivity index is 1.43. The summed E-state index contributed by atoms with van der Waals surface area (Å²) in [5.41, 5.74) is 9.44.